The zero-order valence-electron chi connectivity index (χ0n) is 11.5. The van der Waals surface area contributed by atoms with E-state index in [2.05, 4.69) is 10.6 Å². The Balaban J connectivity index is 2.57. The number of carbonyl (C=O) groups excluding carboxylic acids is 1. The maximum atomic E-state index is 11.7. The first-order valence-electron chi connectivity index (χ1n) is 6.23. The predicted molar refractivity (Wildman–Crippen MR) is 72.9 cm³/mol. The molecule has 1 aromatic carbocycles. The van der Waals surface area contributed by atoms with Gasteiger partial charge >= 0.3 is 12.0 Å². The van der Waals surface area contributed by atoms with Crippen LogP contribution in [0, 0.1) is 6.92 Å². The molecule has 0 aliphatic rings. The number of carboxylic acids is 1. The van der Waals surface area contributed by atoms with Crippen molar-refractivity contribution in [2.24, 2.45) is 0 Å². The van der Waals surface area contributed by atoms with E-state index in [0.29, 0.717) is 13.0 Å². The first-order chi connectivity index (χ1) is 8.89. The summed E-state index contributed by atoms with van der Waals surface area (Å²) in [5, 5.41) is 14.2. The third kappa shape index (κ3) is 3.98. The summed E-state index contributed by atoms with van der Waals surface area (Å²) in [6, 6.07) is 7.23. The van der Waals surface area contributed by atoms with Crippen molar-refractivity contribution in [1.82, 2.24) is 10.6 Å². The number of urea groups is 1. The summed E-state index contributed by atoms with van der Waals surface area (Å²) >= 11 is 0. The van der Waals surface area contributed by atoms with Gasteiger partial charge in [-0.3, -0.25) is 0 Å². The molecule has 3 N–H and O–H groups in total. The second-order valence-electron chi connectivity index (χ2n) is 4.72. The van der Waals surface area contributed by atoms with E-state index in [1.807, 2.05) is 31.2 Å². The molecule has 0 bridgehead atoms. The van der Waals surface area contributed by atoms with Crippen molar-refractivity contribution in [1.29, 1.82) is 0 Å². The van der Waals surface area contributed by atoms with Crippen molar-refractivity contribution in [3.63, 3.8) is 0 Å². The van der Waals surface area contributed by atoms with Crippen molar-refractivity contribution in [3.05, 3.63) is 35.4 Å². The van der Waals surface area contributed by atoms with Gasteiger partial charge in [0.15, 0.2) is 0 Å². The van der Waals surface area contributed by atoms with E-state index in [9.17, 15) is 9.59 Å². The van der Waals surface area contributed by atoms with Crippen LogP contribution in [0.4, 0.5) is 4.79 Å². The molecule has 1 atom stereocenters. The van der Waals surface area contributed by atoms with Gasteiger partial charge in [0.25, 0.3) is 0 Å². The van der Waals surface area contributed by atoms with Gasteiger partial charge in [-0.25, -0.2) is 9.59 Å². The minimum Gasteiger partial charge on any atom is -0.480 e. The number of aryl methyl sites for hydroxylation is 1. The molecular formula is C14H20N2O3. The molecule has 0 radical (unpaired) electrons. The van der Waals surface area contributed by atoms with Crippen LogP contribution in [0.3, 0.4) is 0 Å². The maximum absolute atomic E-state index is 11.7. The fraction of sp³-hybridized carbons (Fsp3) is 0.429. The summed E-state index contributed by atoms with van der Waals surface area (Å²) in [5.74, 6) is -1.04. The molecular weight excluding hydrogens is 244 g/mol. The Morgan fingerprint density at radius 2 is 1.95 bits per heavy atom. The van der Waals surface area contributed by atoms with Gasteiger partial charge in [0.1, 0.15) is 5.54 Å². The van der Waals surface area contributed by atoms with Crippen LogP contribution in [-0.4, -0.2) is 22.6 Å². The molecule has 0 spiro atoms. The second kappa shape index (κ2) is 6.22. The SMILES string of the molecule is CCC(C)(NC(=O)NCc1ccccc1C)C(=O)O. The Morgan fingerprint density at radius 3 is 2.47 bits per heavy atom. The lowest BCUT2D eigenvalue weighted by molar-refractivity contribution is -0.143. The highest BCUT2D eigenvalue weighted by Crippen LogP contribution is 2.09. The number of aliphatic carboxylic acids is 1. The lowest BCUT2D eigenvalue weighted by Crippen LogP contribution is -2.54. The Labute approximate surface area is 113 Å². The highest BCUT2D eigenvalue weighted by Gasteiger charge is 2.32. The molecule has 0 aliphatic carbocycles. The minimum atomic E-state index is -1.24. The minimum absolute atomic E-state index is 0.320. The first-order valence-corrected chi connectivity index (χ1v) is 6.23. The third-order valence-corrected chi connectivity index (χ3v) is 3.27. The smallest absolute Gasteiger partial charge is 0.329 e. The molecule has 1 aromatic rings. The molecule has 19 heavy (non-hydrogen) atoms. The van der Waals surface area contributed by atoms with Crippen molar-refractivity contribution in [2.45, 2.75) is 39.3 Å². The predicted octanol–water partition coefficient (Wildman–Crippen LogP) is 2.05. The van der Waals surface area contributed by atoms with Gasteiger partial charge in [-0.05, 0) is 31.4 Å². The van der Waals surface area contributed by atoms with E-state index in [1.165, 1.54) is 6.92 Å². The Kier molecular flexibility index (Phi) is 4.92. The lowest BCUT2D eigenvalue weighted by atomic mass is 10.00. The molecule has 1 rings (SSSR count). The molecule has 5 heteroatoms. The molecule has 0 heterocycles. The van der Waals surface area contributed by atoms with Gasteiger partial charge < -0.3 is 15.7 Å². The molecule has 0 saturated heterocycles. The van der Waals surface area contributed by atoms with E-state index in [1.54, 1.807) is 6.92 Å². The molecule has 104 valence electrons. The standard InChI is InChI=1S/C14H20N2O3/c1-4-14(3,12(17)18)16-13(19)15-9-11-8-6-5-7-10(11)2/h5-8H,4,9H2,1-3H3,(H,17,18)(H2,15,16,19). The Hall–Kier alpha value is -2.04. The van der Waals surface area contributed by atoms with Gasteiger partial charge in [0.2, 0.25) is 0 Å². The van der Waals surface area contributed by atoms with Gasteiger partial charge in [-0.2, -0.15) is 0 Å². The van der Waals surface area contributed by atoms with Crippen LogP contribution in [0.2, 0.25) is 0 Å². The van der Waals surface area contributed by atoms with Gasteiger partial charge in [0, 0.05) is 6.54 Å². The fourth-order valence-electron chi connectivity index (χ4n) is 1.57. The summed E-state index contributed by atoms with van der Waals surface area (Å²) in [6.07, 6.45) is 0.320. The number of carbonyl (C=O) groups is 2. The van der Waals surface area contributed by atoms with Crippen LogP contribution >= 0.6 is 0 Å². The number of rotatable bonds is 5. The van der Waals surface area contributed by atoms with Crippen LogP contribution in [0.25, 0.3) is 0 Å². The number of hydrogen-bond acceptors (Lipinski definition) is 2. The van der Waals surface area contributed by atoms with Crippen molar-refractivity contribution in [2.75, 3.05) is 0 Å². The largest absolute Gasteiger partial charge is 0.480 e. The molecule has 5 nitrogen and oxygen atoms in total. The third-order valence-electron chi connectivity index (χ3n) is 3.27. The maximum Gasteiger partial charge on any atom is 0.329 e. The van der Waals surface area contributed by atoms with E-state index in [0.717, 1.165) is 11.1 Å². The summed E-state index contributed by atoms with van der Waals surface area (Å²) in [5.41, 5.74) is 0.848. The van der Waals surface area contributed by atoms with Crippen molar-refractivity contribution >= 4 is 12.0 Å². The van der Waals surface area contributed by atoms with Crippen molar-refractivity contribution < 1.29 is 14.7 Å². The lowest BCUT2D eigenvalue weighted by Gasteiger charge is -2.24. The Morgan fingerprint density at radius 1 is 1.32 bits per heavy atom. The molecule has 0 saturated carbocycles. The van der Waals surface area contributed by atoms with Crippen molar-refractivity contribution in [3.8, 4) is 0 Å². The number of benzene rings is 1. The second-order valence-corrected chi connectivity index (χ2v) is 4.72. The highest BCUT2D eigenvalue weighted by atomic mass is 16.4. The normalized spacial score (nSPS) is 13.4. The summed E-state index contributed by atoms with van der Waals surface area (Å²) < 4.78 is 0. The number of hydrogen-bond donors (Lipinski definition) is 3. The number of carboxylic acid groups (broad SMARTS) is 1. The molecule has 0 aromatic heterocycles. The quantitative estimate of drug-likeness (QED) is 0.761. The average Bonchev–Trinajstić information content (AvgIpc) is 2.37. The molecule has 1 unspecified atom stereocenters. The van der Waals surface area contributed by atoms with Crippen LogP contribution in [-0.2, 0) is 11.3 Å². The number of amides is 2. The van der Waals surface area contributed by atoms with Gasteiger partial charge in [-0.15, -0.1) is 0 Å². The Bertz CT molecular complexity index is 474. The van der Waals surface area contributed by atoms with Gasteiger partial charge in [-0.1, -0.05) is 31.2 Å². The van der Waals surface area contributed by atoms with Gasteiger partial charge in [0.05, 0.1) is 0 Å². The highest BCUT2D eigenvalue weighted by molar-refractivity contribution is 5.85. The monoisotopic (exact) mass is 264 g/mol. The van der Waals surface area contributed by atoms with E-state index >= 15 is 0 Å². The van der Waals surface area contributed by atoms with E-state index in [-0.39, 0.29) is 0 Å². The summed E-state index contributed by atoms with van der Waals surface area (Å²) in [4.78, 5) is 22.8. The van der Waals surface area contributed by atoms with Crippen LogP contribution in [0.5, 0.6) is 0 Å². The van der Waals surface area contributed by atoms with Crippen LogP contribution in [0.1, 0.15) is 31.4 Å². The van der Waals surface area contributed by atoms with E-state index < -0.39 is 17.5 Å². The van der Waals surface area contributed by atoms with Crippen LogP contribution < -0.4 is 10.6 Å². The zero-order chi connectivity index (χ0) is 14.5. The first kappa shape index (κ1) is 15.0. The molecule has 0 fully saturated rings. The summed E-state index contributed by atoms with van der Waals surface area (Å²) in [7, 11) is 0. The van der Waals surface area contributed by atoms with Crippen LogP contribution in [0.15, 0.2) is 24.3 Å². The fourth-order valence-corrected chi connectivity index (χ4v) is 1.57. The molecule has 0 aliphatic heterocycles. The summed E-state index contributed by atoms with van der Waals surface area (Å²) in [6.45, 7) is 5.54. The topological polar surface area (TPSA) is 78.4 Å². The molecule has 2 amide bonds. The zero-order valence-corrected chi connectivity index (χ0v) is 11.5. The average molecular weight is 264 g/mol. The van der Waals surface area contributed by atoms with E-state index in [4.69, 9.17) is 5.11 Å². The number of nitrogens with one attached hydrogen (secondary N) is 2.